The summed E-state index contributed by atoms with van der Waals surface area (Å²) in [5.41, 5.74) is 0.489. The van der Waals surface area contributed by atoms with E-state index in [1.54, 1.807) is 24.3 Å². The molecule has 0 N–H and O–H groups in total. The summed E-state index contributed by atoms with van der Waals surface area (Å²) >= 11 is 0. The van der Waals surface area contributed by atoms with Crippen molar-refractivity contribution in [1.29, 1.82) is 0 Å². The lowest BCUT2D eigenvalue weighted by atomic mass is 10.2. The van der Waals surface area contributed by atoms with Gasteiger partial charge in [0.15, 0.2) is 17.8 Å². The number of aldehydes is 1. The highest BCUT2D eigenvalue weighted by molar-refractivity contribution is 5.81. The largest absolute Gasteiger partial charge is 0.490 e. The van der Waals surface area contributed by atoms with E-state index >= 15 is 0 Å². The van der Waals surface area contributed by atoms with E-state index in [1.165, 1.54) is 0 Å². The summed E-state index contributed by atoms with van der Waals surface area (Å²) in [6.45, 7) is 6.32. The molecule has 0 aliphatic rings. The normalized spacial score (nSPS) is 9.40. The number of rotatable bonds is 6. The molecule has 0 saturated carbocycles. The zero-order chi connectivity index (χ0) is 11.1. The van der Waals surface area contributed by atoms with Crippen LogP contribution < -0.4 is 9.47 Å². The van der Waals surface area contributed by atoms with Gasteiger partial charge in [0.05, 0.1) is 12.2 Å². The summed E-state index contributed by atoms with van der Waals surface area (Å²) in [5.74, 6) is 1.07. The Bertz CT molecular complexity index is 345. The second-order valence-corrected chi connectivity index (χ2v) is 2.83. The molecular weight excluding hydrogens is 192 g/mol. The lowest BCUT2D eigenvalue weighted by molar-refractivity contribution is 0.111. The lowest BCUT2D eigenvalue weighted by Gasteiger charge is -2.12. The van der Waals surface area contributed by atoms with Gasteiger partial charge in [0.2, 0.25) is 0 Å². The monoisotopic (exact) mass is 206 g/mol. The number of benzene rings is 1. The Morgan fingerprint density at radius 3 is 2.80 bits per heavy atom. The van der Waals surface area contributed by atoms with E-state index in [9.17, 15) is 4.79 Å². The van der Waals surface area contributed by atoms with E-state index in [2.05, 4.69) is 6.58 Å². The van der Waals surface area contributed by atoms with Crippen LogP contribution in [0.3, 0.4) is 0 Å². The number of hydrogen-bond acceptors (Lipinski definition) is 3. The van der Waals surface area contributed by atoms with Gasteiger partial charge in [0.1, 0.15) is 6.61 Å². The van der Waals surface area contributed by atoms with Crippen LogP contribution in [-0.2, 0) is 0 Å². The average molecular weight is 206 g/mol. The number of hydrogen-bond donors (Lipinski definition) is 0. The van der Waals surface area contributed by atoms with Crippen LogP contribution in [0.4, 0.5) is 0 Å². The van der Waals surface area contributed by atoms with Crippen LogP contribution in [0.15, 0.2) is 30.9 Å². The van der Waals surface area contributed by atoms with Crippen molar-refractivity contribution < 1.29 is 14.3 Å². The van der Waals surface area contributed by atoms with Crippen LogP contribution in [0.2, 0.25) is 0 Å². The molecule has 15 heavy (non-hydrogen) atoms. The third kappa shape index (κ3) is 2.84. The Morgan fingerprint density at radius 2 is 2.20 bits per heavy atom. The minimum absolute atomic E-state index is 0.352. The van der Waals surface area contributed by atoms with Gasteiger partial charge in [-0.15, -0.1) is 0 Å². The van der Waals surface area contributed by atoms with E-state index < -0.39 is 0 Å². The summed E-state index contributed by atoms with van der Waals surface area (Å²) in [4.78, 5) is 10.8. The quantitative estimate of drug-likeness (QED) is 0.529. The molecular formula is C12H14O3. The average Bonchev–Trinajstić information content (AvgIpc) is 2.27. The molecule has 0 aromatic heterocycles. The fourth-order valence-corrected chi connectivity index (χ4v) is 1.19. The van der Waals surface area contributed by atoms with Gasteiger partial charge < -0.3 is 9.47 Å². The van der Waals surface area contributed by atoms with E-state index in [4.69, 9.17) is 9.47 Å². The Balaban J connectivity index is 3.02. The van der Waals surface area contributed by atoms with Gasteiger partial charge in [0, 0.05) is 0 Å². The molecule has 0 heterocycles. The molecule has 0 spiro atoms. The molecule has 0 amide bonds. The maximum atomic E-state index is 10.8. The topological polar surface area (TPSA) is 35.5 Å². The second kappa shape index (κ2) is 5.86. The van der Waals surface area contributed by atoms with Crippen molar-refractivity contribution in [3.63, 3.8) is 0 Å². The second-order valence-electron chi connectivity index (χ2n) is 2.83. The van der Waals surface area contributed by atoms with Crippen LogP contribution in [-0.4, -0.2) is 19.5 Å². The highest BCUT2D eigenvalue weighted by Crippen LogP contribution is 2.30. The van der Waals surface area contributed by atoms with Gasteiger partial charge in [-0.1, -0.05) is 18.7 Å². The Kier molecular flexibility index (Phi) is 4.41. The summed E-state index contributed by atoms with van der Waals surface area (Å²) in [5, 5.41) is 0. The molecule has 3 heteroatoms. The molecule has 1 aromatic carbocycles. The van der Waals surface area contributed by atoms with Gasteiger partial charge >= 0.3 is 0 Å². The SMILES string of the molecule is C=CCOc1c(C=O)cccc1OCC. The number of carbonyl (C=O) groups is 1. The Hall–Kier alpha value is -1.77. The van der Waals surface area contributed by atoms with E-state index in [1.807, 2.05) is 6.92 Å². The van der Waals surface area contributed by atoms with Gasteiger partial charge in [-0.25, -0.2) is 0 Å². The minimum Gasteiger partial charge on any atom is -0.490 e. The number of ether oxygens (including phenoxy) is 2. The summed E-state index contributed by atoms with van der Waals surface area (Å²) in [6, 6.07) is 5.22. The first kappa shape index (κ1) is 11.3. The molecule has 0 fully saturated rings. The van der Waals surface area contributed by atoms with Crippen molar-refractivity contribution in [2.24, 2.45) is 0 Å². The smallest absolute Gasteiger partial charge is 0.172 e. The summed E-state index contributed by atoms with van der Waals surface area (Å²) in [6.07, 6.45) is 2.37. The molecule has 0 bridgehead atoms. The predicted molar refractivity (Wildman–Crippen MR) is 58.7 cm³/mol. The molecule has 0 unspecified atom stereocenters. The maximum Gasteiger partial charge on any atom is 0.172 e. The third-order valence-electron chi connectivity index (χ3n) is 1.78. The van der Waals surface area contributed by atoms with Crippen LogP contribution >= 0.6 is 0 Å². The first-order valence-electron chi connectivity index (χ1n) is 4.78. The highest BCUT2D eigenvalue weighted by atomic mass is 16.5. The molecule has 0 aliphatic carbocycles. The van der Waals surface area contributed by atoms with Gasteiger partial charge in [-0.3, -0.25) is 4.79 Å². The van der Waals surface area contributed by atoms with Crippen LogP contribution in [0.1, 0.15) is 17.3 Å². The predicted octanol–water partition coefficient (Wildman–Crippen LogP) is 2.46. The first-order valence-corrected chi connectivity index (χ1v) is 4.78. The zero-order valence-electron chi connectivity index (χ0n) is 8.73. The molecule has 0 radical (unpaired) electrons. The van der Waals surface area contributed by atoms with Crippen molar-refractivity contribution >= 4 is 6.29 Å². The van der Waals surface area contributed by atoms with Gasteiger partial charge in [0.25, 0.3) is 0 Å². The minimum atomic E-state index is 0.352. The molecule has 80 valence electrons. The Morgan fingerprint density at radius 1 is 1.40 bits per heavy atom. The fourth-order valence-electron chi connectivity index (χ4n) is 1.19. The van der Waals surface area contributed by atoms with Crippen LogP contribution in [0.5, 0.6) is 11.5 Å². The standard InChI is InChI=1S/C12H14O3/c1-3-8-15-12-10(9-13)6-5-7-11(12)14-4-2/h3,5-7,9H,1,4,8H2,2H3. The van der Waals surface area contributed by atoms with Crippen LogP contribution in [0.25, 0.3) is 0 Å². The third-order valence-corrected chi connectivity index (χ3v) is 1.78. The van der Waals surface area contributed by atoms with Crippen molar-refractivity contribution in [2.75, 3.05) is 13.2 Å². The molecule has 1 aromatic rings. The zero-order valence-corrected chi connectivity index (χ0v) is 8.73. The molecule has 3 nitrogen and oxygen atoms in total. The fraction of sp³-hybridized carbons (Fsp3) is 0.250. The summed E-state index contributed by atoms with van der Waals surface area (Å²) < 4.78 is 10.7. The summed E-state index contributed by atoms with van der Waals surface area (Å²) in [7, 11) is 0. The van der Waals surface area contributed by atoms with Gasteiger partial charge in [-0.2, -0.15) is 0 Å². The Labute approximate surface area is 89.3 Å². The molecule has 1 rings (SSSR count). The highest BCUT2D eigenvalue weighted by Gasteiger charge is 2.09. The van der Waals surface area contributed by atoms with Crippen LogP contribution in [0, 0.1) is 0 Å². The van der Waals surface area contributed by atoms with Gasteiger partial charge in [-0.05, 0) is 19.1 Å². The lowest BCUT2D eigenvalue weighted by Crippen LogP contribution is -2.01. The van der Waals surface area contributed by atoms with Crippen molar-refractivity contribution in [1.82, 2.24) is 0 Å². The molecule has 0 atom stereocenters. The first-order chi connectivity index (χ1) is 7.33. The number of carbonyl (C=O) groups excluding carboxylic acids is 1. The van der Waals surface area contributed by atoms with E-state index in [-0.39, 0.29) is 0 Å². The van der Waals surface area contributed by atoms with E-state index in [0.717, 1.165) is 6.29 Å². The van der Waals surface area contributed by atoms with Crippen molar-refractivity contribution in [3.05, 3.63) is 36.4 Å². The van der Waals surface area contributed by atoms with E-state index in [0.29, 0.717) is 30.3 Å². The van der Waals surface area contributed by atoms with Crippen molar-refractivity contribution in [3.8, 4) is 11.5 Å². The molecule has 0 saturated heterocycles. The number of para-hydroxylation sites is 1. The van der Waals surface area contributed by atoms with Crippen molar-refractivity contribution in [2.45, 2.75) is 6.92 Å². The maximum absolute atomic E-state index is 10.8. The molecule has 0 aliphatic heterocycles.